The Morgan fingerprint density at radius 1 is 1.46 bits per heavy atom. The number of hydrogen-bond acceptors (Lipinski definition) is 6. The zero-order valence-corrected chi connectivity index (χ0v) is 8.65. The Labute approximate surface area is 83.7 Å². The van der Waals surface area contributed by atoms with E-state index in [0.717, 1.165) is 21.4 Å². The zero-order chi connectivity index (χ0) is 9.10. The molecule has 0 bridgehead atoms. The molecule has 0 aliphatic heterocycles. The third kappa shape index (κ3) is 1.90. The average Bonchev–Trinajstić information content (AvgIpc) is 2.70. The van der Waals surface area contributed by atoms with Crippen LogP contribution in [0.15, 0.2) is 11.7 Å². The van der Waals surface area contributed by atoms with Crippen LogP contribution in [0.5, 0.6) is 0 Å². The van der Waals surface area contributed by atoms with Gasteiger partial charge in [0.05, 0.1) is 10.4 Å². The number of hydrogen-bond donors (Lipinski definition) is 1. The van der Waals surface area contributed by atoms with Crippen LogP contribution in [0.2, 0.25) is 0 Å². The van der Waals surface area contributed by atoms with Crippen molar-refractivity contribution in [1.82, 2.24) is 20.5 Å². The van der Waals surface area contributed by atoms with Gasteiger partial charge in [-0.05, 0) is 7.05 Å². The highest BCUT2D eigenvalue weighted by Gasteiger charge is 2.06. The first-order valence-corrected chi connectivity index (χ1v) is 5.45. The van der Waals surface area contributed by atoms with E-state index in [2.05, 4.69) is 20.5 Å². The van der Waals surface area contributed by atoms with Gasteiger partial charge in [0.15, 0.2) is 5.01 Å². The normalized spacial score (nSPS) is 10.5. The van der Waals surface area contributed by atoms with E-state index in [1.165, 1.54) is 0 Å². The van der Waals surface area contributed by atoms with Crippen molar-refractivity contribution in [2.45, 2.75) is 6.54 Å². The summed E-state index contributed by atoms with van der Waals surface area (Å²) in [5.41, 5.74) is 1.80. The lowest BCUT2D eigenvalue weighted by Gasteiger charge is -1.87. The van der Waals surface area contributed by atoms with Gasteiger partial charge in [-0.2, -0.15) is 0 Å². The zero-order valence-electron chi connectivity index (χ0n) is 7.02. The maximum absolute atomic E-state index is 4.08. The largest absolute Gasteiger partial charge is 0.313 e. The lowest BCUT2D eigenvalue weighted by atomic mass is 10.6. The molecule has 4 nitrogen and oxygen atoms in total. The third-order valence-electron chi connectivity index (χ3n) is 1.44. The Bertz CT molecular complexity index is 368. The van der Waals surface area contributed by atoms with Crippen LogP contribution in [-0.2, 0) is 6.54 Å². The topological polar surface area (TPSA) is 50.7 Å². The minimum atomic E-state index is 0.774. The van der Waals surface area contributed by atoms with Crippen LogP contribution < -0.4 is 5.32 Å². The summed E-state index contributed by atoms with van der Waals surface area (Å²) in [7, 11) is 1.90. The van der Waals surface area contributed by atoms with E-state index in [1.807, 2.05) is 13.2 Å². The number of nitrogens with zero attached hydrogens (tertiary/aromatic N) is 3. The minimum absolute atomic E-state index is 0.774. The molecular weight excluding hydrogens is 204 g/mol. The van der Waals surface area contributed by atoms with Crippen molar-refractivity contribution < 1.29 is 0 Å². The van der Waals surface area contributed by atoms with Gasteiger partial charge in [0.1, 0.15) is 5.01 Å². The van der Waals surface area contributed by atoms with Crippen LogP contribution in [0.4, 0.5) is 0 Å². The monoisotopic (exact) mass is 212 g/mol. The van der Waals surface area contributed by atoms with Crippen molar-refractivity contribution >= 4 is 22.7 Å². The van der Waals surface area contributed by atoms with Crippen LogP contribution in [0, 0.1) is 0 Å². The second kappa shape index (κ2) is 3.91. The van der Waals surface area contributed by atoms with Gasteiger partial charge in [-0.3, -0.25) is 4.98 Å². The van der Waals surface area contributed by atoms with Crippen LogP contribution in [0.1, 0.15) is 5.01 Å². The first-order valence-electron chi connectivity index (χ1n) is 3.76. The molecule has 0 aromatic carbocycles. The molecule has 13 heavy (non-hydrogen) atoms. The van der Waals surface area contributed by atoms with Crippen molar-refractivity contribution in [3.8, 4) is 9.88 Å². The molecule has 2 rings (SSSR count). The Morgan fingerprint density at radius 2 is 2.38 bits per heavy atom. The highest BCUT2D eigenvalue weighted by molar-refractivity contribution is 7.20. The summed E-state index contributed by atoms with van der Waals surface area (Å²) in [5, 5.41) is 13.1. The Balaban J connectivity index is 2.23. The van der Waals surface area contributed by atoms with Crippen molar-refractivity contribution in [3.05, 3.63) is 16.7 Å². The summed E-state index contributed by atoms with van der Waals surface area (Å²) in [5.74, 6) is 0. The SMILES string of the molecule is CNCc1nnc(-c2cncs2)s1. The van der Waals surface area contributed by atoms with Crippen molar-refractivity contribution in [3.63, 3.8) is 0 Å². The maximum atomic E-state index is 4.08. The third-order valence-corrected chi connectivity index (χ3v) is 3.30. The molecule has 0 atom stereocenters. The highest BCUT2D eigenvalue weighted by Crippen LogP contribution is 2.26. The smallest absolute Gasteiger partial charge is 0.159 e. The molecule has 0 saturated carbocycles. The molecule has 0 aliphatic rings. The lowest BCUT2D eigenvalue weighted by molar-refractivity contribution is 0.795. The fourth-order valence-electron chi connectivity index (χ4n) is 0.897. The van der Waals surface area contributed by atoms with E-state index in [4.69, 9.17) is 0 Å². The summed E-state index contributed by atoms with van der Waals surface area (Å²) in [6, 6.07) is 0. The van der Waals surface area contributed by atoms with Crippen LogP contribution in [0.3, 0.4) is 0 Å². The molecule has 0 spiro atoms. The molecule has 0 fully saturated rings. The van der Waals surface area contributed by atoms with Crippen molar-refractivity contribution in [1.29, 1.82) is 0 Å². The van der Waals surface area contributed by atoms with Gasteiger partial charge in [-0.15, -0.1) is 21.5 Å². The lowest BCUT2D eigenvalue weighted by Crippen LogP contribution is -2.04. The van der Waals surface area contributed by atoms with Gasteiger partial charge in [-0.1, -0.05) is 11.3 Å². The molecule has 68 valence electrons. The molecule has 0 unspecified atom stereocenters. The standard InChI is InChI=1S/C7H8N4S2/c1-8-3-6-10-11-7(13-6)5-2-9-4-12-5/h2,4,8H,3H2,1H3. The van der Waals surface area contributed by atoms with Crippen LogP contribution >= 0.6 is 22.7 Å². The van der Waals surface area contributed by atoms with Gasteiger partial charge in [-0.25, -0.2) is 0 Å². The first kappa shape index (κ1) is 8.74. The van der Waals surface area contributed by atoms with E-state index < -0.39 is 0 Å². The molecule has 0 saturated heterocycles. The summed E-state index contributed by atoms with van der Waals surface area (Å²) in [6.07, 6.45) is 1.81. The van der Waals surface area contributed by atoms with E-state index in [1.54, 1.807) is 28.2 Å². The molecule has 1 N–H and O–H groups in total. The molecule has 6 heteroatoms. The summed E-state index contributed by atoms with van der Waals surface area (Å²) >= 11 is 3.18. The number of aromatic nitrogens is 3. The van der Waals surface area contributed by atoms with E-state index >= 15 is 0 Å². The van der Waals surface area contributed by atoms with Gasteiger partial charge < -0.3 is 5.32 Å². The second-order valence-electron chi connectivity index (χ2n) is 2.40. The summed E-state index contributed by atoms with van der Waals surface area (Å²) in [6.45, 7) is 0.774. The molecular formula is C7H8N4S2. The van der Waals surface area contributed by atoms with Crippen molar-refractivity contribution in [2.75, 3.05) is 7.05 Å². The van der Waals surface area contributed by atoms with E-state index in [-0.39, 0.29) is 0 Å². The Morgan fingerprint density at radius 3 is 3.08 bits per heavy atom. The Hall–Kier alpha value is -0.850. The fraction of sp³-hybridized carbons (Fsp3) is 0.286. The number of rotatable bonds is 3. The maximum Gasteiger partial charge on any atom is 0.159 e. The van der Waals surface area contributed by atoms with Gasteiger partial charge in [0, 0.05) is 12.7 Å². The van der Waals surface area contributed by atoms with Crippen LogP contribution in [0.25, 0.3) is 9.88 Å². The minimum Gasteiger partial charge on any atom is -0.313 e. The van der Waals surface area contributed by atoms with E-state index in [0.29, 0.717) is 0 Å². The van der Waals surface area contributed by atoms with Gasteiger partial charge >= 0.3 is 0 Å². The van der Waals surface area contributed by atoms with Gasteiger partial charge in [0.2, 0.25) is 0 Å². The highest BCUT2D eigenvalue weighted by atomic mass is 32.1. The quantitative estimate of drug-likeness (QED) is 0.835. The predicted molar refractivity (Wildman–Crippen MR) is 53.8 cm³/mol. The molecule has 2 aromatic heterocycles. The molecule has 0 radical (unpaired) electrons. The number of nitrogens with one attached hydrogen (secondary N) is 1. The summed E-state index contributed by atoms with van der Waals surface area (Å²) in [4.78, 5) is 5.08. The fourth-order valence-corrected chi connectivity index (χ4v) is 2.42. The predicted octanol–water partition coefficient (Wildman–Crippen LogP) is 1.38. The summed E-state index contributed by atoms with van der Waals surface area (Å²) < 4.78 is 0. The van der Waals surface area contributed by atoms with Crippen LogP contribution in [-0.4, -0.2) is 22.2 Å². The molecule has 0 aliphatic carbocycles. The molecule has 0 amide bonds. The number of thiazole rings is 1. The first-order chi connectivity index (χ1) is 6.40. The second-order valence-corrected chi connectivity index (χ2v) is 4.35. The van der Waals surface area contributed by atoms with Gasteiger partial charge in [0.25, 0.3) is 0 Å². The Kier molecular flexibility index (Phi) is 2.62. The van der Waals surface area contributed by atoms with E-state index in [9.17, 15) is 0 Å². The van der Waals surface area contributed by atoms with Crippen molar-refractivity contribution in [2.24, 2.45) is 0 Å². The average molecular weight is 212 g/mol. The molecule has 2 heterocycles. The molecule has 2 aromatic rings.